The number of hydrogen-bond acceptors (Lipinski definition) is 14. The van der Waals surface area contributed by atoms with Crippen molar-refractivity contribution in [3.05, 3.63) is 136 Å². The van der Waals surface area contributed by atoms with E-state index in [-0.39, 0.29) is 56.1 Å². The monoisotopic (exact) mass is 1030 g/mol. The number of aromatic nitrogens is 2. The Hall–Kier alpha value is -4.62. The highest BCUT2D eigenvalue weighted by molar-refractivity contribution is 7.89. The van der Waals surface area contributed by atoms with Crippen molar-refractivity contribution >= 4 is 111 Å². The second-order valence-corrected chi connectivity index (χ2v) is 21.0. The smallest absolute Gasteiger partial charge is 0.289 e. The Morgan fingerprint density at radius 1 is 0.562 bits per heavy atom. The van der Waals surface area contributed by atoms with Gasteiger partial charge in [-0.25, -0.2) is 35.6 Å². The summed E-state index contributed by atoms with van der Waals surface area (Å²) in [5.74, 6) is -0.961. The molecule has 2 fully saturated rings. The molecule has 2 aromatic heterocycles. The molecule has 0 saturated carbocycles. The molecule has 0 N–H and O–H groups in total. The van der Waals surface area contributed by atoms with Crippen LogP contribution in [0.3, 0.4) is 0 Å². The molecule has 6 aromatic rings. The molecule has 2 saturated heterocycles. The normalized spacial score (nSPS) is 15.2. The quantitative estimate of drug-likeness (QED) is 0.0934. The number of nitro benzene ring substituents is 2. The van der Waals surface area contributed by atoms with E-state index < -0.39 is 52.9 Å². The molecule has 2 aliphatic heterocycles. The molecule has 4 aromatic carbocycles. The molecule has 64 heavy (non-hydrogen) atoms. The fraction of sp³-hybridized carbons (Fsp3) is 0.211. The van der Waals surface area contributed by atoms with Crippen molar-refractivity contribution in [3.8, 4) is 22.5 Å². The summed E-state index contributed by atoms with van der Waals surface area (Å²) in [6, 6.07) is 15.5. The highest BCUT2D eigenvalue weighted by Crippen LogP contribution is 2.34. The molecule has 0 radical (unpaired) electrons. The largest absolute Gasteiger partial charge is 0.345 e. The maximum atomic E-state index is 13.6. The molecular weight excluding hydrogens is 1000 g/mol. The first kappa shape index (κ1) is 47.3. The average Bonchev–Trinajstić information content (AvgIpc) is 3.97. The lowest BCUT2D eigenvalue weighted by atomic mass is 10.2. The third kappa shape index (κ3) is 10.4. The number of nitrogens with zero attached hydrogens (tertiary/aromatic N) is 8. The number of thiazole rings is 2. The van der Waals surface area contributed by atoms with Gasteiger partial charge in [-0.3, -0.25) is 20.2 Å². The number of nitro groups is 2. The maximum absolute atomic E-state index is 13.6. The molecule has 0 bridgehead atoms. The zero-order chi connectivity index (χ0) is 46.1. The van der Waals surface area contributed by atoms with Crippen LogP contribution in [0.15, 0.2) is 93.3 Å². The number of halogens is 6. The fourth-order valence-corrected chi connectivity index (χ4v) is 12.0. The van der Waals surface area contributed by atoms with Crippen LogP contribution in [0.2, 0.25) is 20.1 Å². The van der Waals surface area contributed by atoms with Crippen molar-refractivity contribution in [1.29, 1.82) is 0 Å². The van der Waals surface area contributed by atoms with Crippen LogP contribution in [0.5, 0.6) is 0 Å². The van der Waals surface area contributed by atoms with Gasteiger partial charge in [-0.2, -0.15) is 8.61 Å². The van der Waals surface area contributed by atoms with E-state index in [0.29, 0.717) is 59.0 Å². The molecule has 4 heterocycles. The van der Waals surface area contributed by atoms with Gasteiger partial charge in [0.05, 0.1) is 36.0 Å². The minimum Gasteiger partial charge on any atom is -0.345 e. The summed E-state index contributed by atoms with van der Waals surface area (Å²) in [4.78, 5) is 33.4. The van der Waals surface area contributed by atoms with E-state index in [1.165, 1.54) is 79.8 Å². The summed E-state index contributed by atoms with van der Waals surface area (Å²) in [6.45, 7) is 2.29. The number of piperazine rings is 2. The second kappa shape index (κ2) is 19.5. The highest BCUT2D eigenvalue weighted by Gasteiger charge is 2.33. The number of rotatable bonds is 10. The van der Waals surface area contributed by atoms with Gasteiger partial charge in [-0.05, 0) is 60.7 Å². The predicted octanol–water partition coefficient (Wildman–Crippen LogP) is 9.35. The van der Waals surface area contributed by atoms with E-state index in [1.54, 1.807) is 17.5 Å². The van der Waals surface area contributed by atoms with Gasteiger partial charge in [-0.15, -0.1) is 22.7 Å². The molecule has 26 heteroatoms. The van der Waals surface area contributed by atoms with E-state index >= 15 is 0 Å². The molecular formula is C38H30Cl4F2N8O8S4. The van der Waals surface area contributed by atoms with Crippen molar-refractivity contribution in [2.75, 3.05) is 62.2 Å². The molecule has 2 aliphatic rings. The summed E-state index contributed by atoms with van der Waals surface area (Å²) in [7, 11) is -7.83. The van der Waals surface area contributed by atoms with Crippen molar-refractivity contribution in [2.24, 2.45) is 0 Å². The Morgan fingerprint density at radius 3 is 1.44 bits per heavy atom. The second-order valence-electron chi connectivity index (χ2n) is 13.8. The fourth-order valence-electron chi connectivity index (χ4n) is 6.56. The van der Waals surface area contributed by atoms with E-state index in [9.17, 15) is 45.8 Å². The van der Waals surface area contributed by atoms with Crippen LogP contribution >= 0.6 is 69.1 Å². The van der Waals surface area contributed by atoms with Crippen LogP contribution in [-0.4, -0.2) is 97.6 Å². The van der Waals surface area contributed by atoms with Gasteiger partial charge < -0.3 is 9.80 Å². The van der Waals surface area contributed by atoms with Gasteiger partial charge in [0, 0.05) is 91.4 Å². The molecule has 0 atom stereocenters. The van der Waals surface area contributed by atoms with Gasteiger partial charge in [-0.1, -0.05) is 46.4 Å². The molecule has 0 amide bonds. The Kier molecular flexibility index (Phi) is 14.4. The minimum atomic E-state index is -3.92. The lowest BCUT2D eigenvalue weighted by Gasteiger charge is -2.33. The zero-order valence-corrected chi connectivity index (χ0v) is 38.8. The standard InChI is InChI=1S/2C19H15Cl2FN4O4S2/c20-14-3-2-13(10-18(14)26(27)28)32(29,30)25-7-5-24(6-8-25)19-23-17(11-31-19)12-1-4-16(22)15(21)9-12;20-13-7-12(8-14(22)9-13)17-11-31-19(23-17)24-3-5-25(6-4-24)32(29,30)15-1-2-16(21)18(10-15)26(27)28/h1-4,9-11H,5-8H2;1-2,7-11H,3-6H2. The lowest BCUT2D eigenvalue weighted by Crippen LogP contribution is -2.48. The molecule has 0 spiro atoms. The SMILES string of the molecule is O=[N+]([O-])c1cc(S(=O)(=O)N2CCN(c3nc(-c4cc(F)cc(Cl)c4)cs3)CC2)ccc1Cl.O=[N+]([O-])c1cc(S(=O)(=O)N2CCN(c3nc(-c4ccc(F)c(Cl)c4)cs3)CC2)ccc1Cl. The first-order valence-electron chi connectivity index (χ1n) is 18.5. The van der Waals surface area contributed by atoms with Gasteiger partial charge in [0.2, 0.25) is 20.0 Å². The first-order chi connectivity index (χ1) is 30.3. The van der Waals surface area contributed by atoms with Crippen molar-refractivity contribution < 1.29 is 35.5 Å². The molecule has 16 nitrogen and oxygen atoms in total. The summed E-state index contributed by atoms with van der Waals surface area (Å²) in [6.07, 6.45) is 0. The molecule has 336 valence electrons. The molecule has 0 aliphatic carbocycles. The number of hydrogen-bond donors (Lipinski definition) is 0. The summed E-state index contributed by atoms with van der Waals surface area (Å²) < 4.78 is 81.4. The van der Waals surface area contributed by atoms with Gasteiger partial charge in [0.25, 0.3) is 11.4 Å². The third-order valence-corrected chi connectivity index (χ3v) is 16.6. The lowest BCUT2D eigenvalue weighted by molar-refractivity contribution is -0.385. The average molecular weight is 1030 g/mol. The van der Waals surface area contributed by atoms with E-state index in [0.717, 1.165) is 12.1 Å². The Labute approximate surface area is 392 Å². The van der Waals surface area contributed by atoms with Crippen LogP contribution in [0, 0.1) is 31.9 Å². The van der Waals surface area contributed by atoms with Crippen molar-refractivity contribution in [1.82, 2.24) is 18.6 Å². The van der Waals surface area contributed by atoms with Gasteiger partial charge >= 0.3 is 0 Å². The topological polar surface area (TPSA) is 193 Å². The zero-order valence-electron chi connectivity index (χ0n) is 32.5. The maximum Gasteiger partial charge on any atom is 0.289 e. The van der Waals surface area contributed by atoms with Crippen LogP contribution in [0.25, 0.3) is 22.5 Å². The third-order valence-electron chi connectivity index (χ3n) is 9.88. The minimum absolute atomic E-state index is 0.0123. The Morgan fingerprint density at radius 2 is 1.02 bits per heavy atom. The van der Waals surface area contributed by atoms with Crippen molar-refractivity contribution in [3.63, 3.8) is 0 Å². The van der Waals surface area contributed by atoms with E-state index in [4.69, 9.17) is 46.4 Å². The summed E-state index contributed by atoms with van der Waals surface area (Å²) in [5.41, 5.74) is 1.56. The Balaban J connectivity index is 0.000000191. The highest BCUT2D eigenvalue weighted by atomic mass is 35.5. The van der Waals surface area contributed by atoms with Gasteiger partial charge in [0.1, 0.15) is 21.7 Å². The molecule has 8 rings (SSSR count). The van der Waals surface area contributed by atoms with Crippen LogP contribution in [-0.2, 0) is 20.0 Å². The number of anilines is 2. The van der Waals surface area contributed by atoms with Crippen molar-refractivity contribution in [2.45, 2.75) is 9.79 Å². The predicted molar refractivity (Wildman–Crippen MR) is 243 cm³/mol. The summed E-state index contributed by atoms with van der Waals surface area (Å²) >= 11 is 26.1. The van der Waals surface area contributed by atoms with E-state index in [2.05, 4.69) is 9.97 Å². The van der Waals surface area contributed by atoms with Gasteiger partial charge in [0.15, 0.2) is 10.3 Å². The van der Waals surface area contributed by atoms with Crippen LogP contribution in [0.1, 0.15) is 0 Å². The number of sulfonamides is 2. The molecule has 0 unspecified atom stereocenters. The number of benzene rings is 4. The van der Waals surface area contributed by atoms with Crippen LogP contribution < -0.4 is 9.80 Å². The van der Waals surface area contributed by atoms with Crippen LogP contribution in [0.4, 0.5) is 30.4 Å². The first-order valence-corrected chi connectivity index (χ1v) is 24.7. The Bertz CT molecular complexity index is 2970. The van der Waals surface area contributed by atoms with E-state index in [1.807, 2.05) is 15.2 Å². The summed E-state index contributed by atoms with van der Waals surface area (Å²) in [5, 5.41) is 27.2.